The van der Waals surface area contributed by atoms with Crippen LogP contribution in [0.1, 0.15) is 56.7 Å². The quantitative estimate of drug-likeness (QED) is 0.166. The number of benzene rings is 2. The number of hydrogen-bond acceptors (Lipinski definition) is 8. The number of piperidine rings is 1. The third-order valence-corrected chi connectivity index (χ3v) is 7.57. The van der Waals surface area contributed by atoms with E-state index in [0.29, 0.717) is 36.3 Å². The predicted octanol–water partition coefficient (Wildman–Crippen LogP) is 4.54. The summed E-state index contributed by atoms with van der Waals surface area (Å²) in [5.74, 6) is -0.296. The summed E-state index contributed by atoms with van der Waals surface area (Å²) >= 11 is 0. The molecule has 2 aromatic heterocycles. The summed E-state index contributed by atoms with van der Waals surface area (Å²) in [6.07, 6.45) is 1.87. The van der Waals surface area contributed by atoms with Crippen molar-refractivity contribution in [3.05, 3.63) is 77.4 Å². The van der Waals surface area contributed by atoms with Crippen molar-refractivity contribution in [1.82, 2.24) is 30.9 Å². The average Bonchev–Trinajstić information content (AvgIpc) is 3.40. The molecule has 4 aromatic rings. The first-order chi connectivity index (χ1) is 20.5. The minimum Gasteiger partial charge on any atom is -0.496 e. The number of carbonyl (C=O) groups is 1. The van der Waals surface area contributed by atoms with E-state index in [1.807, 2.05) is 62.9 Å². The number of aliphatic hydroxyl groups excluding tert-OH is 1. The maximum Gasteiger partial charge on any atom is 0.260 e. The van der Waals surface area contributed by atoms with Crippen molar-refractivity contribution in [2.24, 2.45) is 0 Å². The molecule has 1 unspecified atom stereocenters. The van der Waals surface area contributed by atoms with Gasteiger partial charge < -0.3 is 9.84 Å². The van der Waals surface area contributed by atoms with Crippen LogP contribution in [0.25, 0.3) is 22.2 Å². The molecule has 43 heavy (non-hydrogen) atoms. The second-order valence-corrected chi connectivity index (χ2v) is 12.0. The summed E-state index contributed by atoms with van der Waals surface area (Å²) in [6.45, 7) is 8.00. The molecular weight excluding hydrogens is 551 g/mol. The maximum atomic E-state index is 14.9. The molecular formula is C32H39FN6O4. The number of carbonyl (C=O) groups excluding carboxylic acids is 1. The molecule has 0 spiro atoms. The SMILES string of the molecule is COc1cccc(F)c1CN1C[C@H](NC(O)c2ccc3[nH]nc(-c4ccnc(C)c4)c3c2)CC[C@H]1C(=O)NOC(C)(C)C. The lowest BCUT2D eigenvalue weighted by molar-refractivity contribution is -0.152. The number of likely N-dealkylation sites (tertiary alicyclic amines) is 1. The van der Waals surface area contributed by atoms with Crippen LogP contribution < -0.4 is 15.5 Å². The number of pyridine rings is 1. The highest BCUT2D eigenvalue weighted by Crippen LogP contribution is 2.30. The molecule has 3 heterocycles. The summed E-state index contributed by atoms with van der Waals surface area (Å²) < 4.78 is 20.4. The second kappa shape index (κ2) is 12.8. The van der Waals surface area contributed by atoms with Crippen LogP contribution in [-0.4, -0.2) is 62.4 Å². The van der Waals surface area contributed by atoms with Crippen molar-refractivity contribution in [2.45, 2.75) is 71.0 Å². The van der Waals surface area contributed by atoms with Crippen molar-refractivity contribution in [3.8, 4) is 17.0 Å². The van der Waals surface area contributed by atoms with Gasteiger partial charge in [-0.15, -0.1) is 0 Å². The van der Waals surface area contributed by atoms with Crippen molar-refractivity contribution in [2.75, 3.05) is 13.7 Å². The van der Waals surface area contributed by atoms with Gasteiger partial charge in [-0.05, 0) is 82.5 Å². The molecule has 1 aliphatic heterocycles. The molecule has 1 saturated heterocycles. The number of nitrogens with one attached hydrogen (secondary N) is 3. The van der Waals surface area contributed by atoms with Gasteiger partial charge in [0.25, 0.3) is 5.91 Å². The molecule has 0 bridgehead atoms. The fourth-order valence-electron chi connectivity index (χ4n) is 5.44. The van der Waals surface area contributed by atoms with Crippen LogP contribution in [-0.2, 0) is 16.2 Å². The van der Waals surface area contributed by atoms with Crippen molar-refractivity contribution < 1.29 is 23.9 Å². The van der Waals surface area contributed by atoms with Crippen LogP contribution >= 0.6 is 0 Å². The lowest BCUT2D eigenvalue weighted by atomic mass is 9.96. The Hall–Kier alpha value is -3.90. The smallest absolute Gasteiger partial charge is 0.260 e. The topological polar surface area (TPSA) is 125 Å². The van der Waals surface area contributed by atoms with Crippen molar-refractivity contribution >= 4 is 16.8 Å². The number of fused-ring (bicyclic) bond motifs is 1. The lowest BCUT2D eigenvalue weighted by Crippen LogP contribution is -2.56. The van der Waals surface area contributed by atoms with Crippen LogP contribution in [0.3, 0.4) is 0 Å². The molecule has 1 amide bonds. The van der Waals surface area contributed by atoms with E-state index in [9.17, 15) is 14.3 Å². The second-order valence-electron chi connectivity index (χ2n) is 12.0. The summed E-state index contributed by atoms with van der Waals surface area (Å²) in [5.41, 5.74) is 6.52. The van der Waals surface area contributed by atoms with Gasteiger partial charge in [0.05, 0.1) is 24.3 Å². The lowest BCUT2D eigenvalue weighted by Gasteiger charge is -2.40. The van der Waals surface area contributed by atoms with Gasteiger partial charge in [-0.2, -0.15) is 5.10 Å². The Morgan fingerprint density at radius 2 is 2.02 bits per heavy atom. The number of halogens is 1. The van der Waals surface area contributed by atoms with Crippen LogP contribution in [0.15, 0.2) is 54.7 Å². The molecule has 228 valence electrons. The van der Waals surface area contributed by atoms with E-state index >= 15 is 0 Å². The van der Waals surface area contributed by atoms with Crippen LogP contribution in [0.2, 0.25) is 0 Å². The number of aromatic nitrogens is 3. The number of nitrogens with zero attached hydrogens (tertiary/aromatic N) is 3. The summed E-state index contributed by atoms with van der Waals surface area (Å²) in [6, 6.07) is 13.5. The Kier molecular flexibility index (Phi) is 9.07. The van der Waals surface area contributed by atoms with Crippen LogP contribution in [0.4, 0.5) is 4.39 Å². The van der Waals surface area contributed by atoms with E-state index in [1.54, 1.807) is 18.3 Å². The van der Waals surface area contributed by atoms with Crippen molar-refractivity contribution in [3.63, 3.8) is 0 Å². The van der Waals surface area contributed by atoms with E-state index in [4.69, 9.17) is 9.57 Å². The number of hydrogen-bond donors (Lipinski definition) is 4. The molecule has 5 rings (SSSR count). The Bertz CT molecular complexity index is 1590. The number of hydroxylamine groups is 1. The summed E-state index contributed by atoms with van der Waals surface area (Å²) in [5, 5.41) is 23.0. The highest BCUT2D eigenvalue weighted by Gasteiger charge is 2.35. The maximum absolute atomic E-state index is 14.9. The van der Waals surface area contributed by atoms with Gasteiger partial charge in [0, 0.05) is 47.5 Å². The zero-order valence-corrected chi connectivity index (χ0v) is 25.1. The fraction of sp³-hybridized carbons (Fsp3) is 0.406. The molecule has 0 radical (unpaired) electrons. The third-order valence-electron chi connectivity index (χ3n) is 7.57. The monoisotopic (exact) mass is 590 g/mol. The number of ether oxygens (including phenoxy) is 1. The molecule has 2 aromatic carbocycles. The van der Waals surface area contributed by atoms with Gasteiger partial charge in [-0.1, -0.05) is 12.1 Å². The van der Waals surface area contributed by atoms with Crippen LogP contribution in [0, 0.1) is 12.7 Å². The van der Waals surface area contributed by atoms with Gasteiger partial charge in [0.15, 0.2) is 0 Å². The minimum atomic E-state index is -0.976. The number of H-pyrrole nitrogens is 1. The van der Waals surface area contributed by atoms with E-state index in [0.717, 1.165) is 27.9 Å². The first kappa shape index (κ1) is 30.6. The summed E-state index contributed by atoms with van der Waals surface area (Å²) in [4.78, 5) is 24.9. The van der Waals surface area contributed by atoms with Gasteiger partial charge in [-0.3, -0.25) is 29.9 Å². The Morgan fingerprint density at radius 1 is 1.21 bits per heavy atom. The van der Waals surface area contributed by atoms with E-state index in [2.05, 4.69) is 26.0 Å². The first-order valence-electron chi connectivity index (χ1n) is 14.4. The molecule has 0 aliphatic carbocycles. The van der Waals surface area contributed by atoms with Gasteiger partial charge >= 0.3 is 0 Å². The third kappa shape index (κ3) is 7.19. The Labute approximate surface area is 250 Å². The highest BCUT2D eigenvalue weighted by atomic mass is 19.1. The number of aliphatic hydroxyl groups is 1. The summed E-state index contributed by atoms with van der Waals surface area (Å²) in [7, 11) is 1.49. The van der Waals surface area contributed by atoms with Crippen molar-refractivity contribution in [1.29, 1.82) is 0 Å². The number of amides is 1. The molecule has 3 atom stereocenters. The molecule has 0 saturated carbocycles. The predicted molar refractivity (Wildman–Crippen MR) is 161 cm³/mol. The largest absolute Gasteiger partial charge is 0.496 e. The fourth-order valence-corrected chi connectivity index (χ4v) is 5.44. The number of rotatable bonds is 9. The Balaban J connectivity index is 1.35. The normalized spacial score (nSPS) is 18.5. The zero-order chi connectivity index (χ0) is 30.7. The first-order valence-corrected chi connectivity index (χ1v) is 14.4. The molecule has 11 heteroatoms. The van der Waals surface area contributed by atoms with Gasteiger partial charge in [0.1, 0.15) is 23.5 Å². The molecule has 4 N–H and O–H groups in total. The minimum absolute atomic E-state index is 0.146. The average molecular weight is 591 g/mol. The number of methoxy groups -OCH3 is 1. The van der Waals surface area contributed by atoms with Gasteiger partial charge in [0.2, 0.25) is 0 Å². The zero-order valence-electron chi connectivity index (χ0n) is 25.1. The van der Waals surface area contributed by atoms with E-state index in [-0.39, 0.29) is 18.5 Å². The van der Waals surface area contributed by atoms with E-state index < -0.39 is 23.7 Å². The van der Waals surface area contributed by atoms with Crippen LogP contribution in [0.5, 0.6) is 5.75 Å². The highest BCUT2D eigenvalue weighted by molar-refractivity contribution is 5.93. The standard InChI is InChI=1S/C32H39FN6O4/c1-19-15-20(13-14-34-19)29-23-16-21(9-11-26(23)36-37-29)30(40)35-22-10-12-27(31(41)38-43-32(2,3)4)39(17-22)18-24-25(33)7-6-8-28(24)42-5/h6-9,11,13-16,22,27,30,35,40H,10,12,17-18H2,1-5H3,(H,36,37)(H,38,41)/t22-,27+,30?/m1/s1. The molecule has 10 nitrogen and oxygen atoms in total. The number of aryl methyl sites for hydroxylation is 1. The molecule has 1 fully saturated rings. The number of aromatic amines is 1. The Morgan fingerprint density at radius 3 is 2.77 bits per heavy atom. The van der Waals surface area contributed by atoms with Gasteiger partial charge in [-0.25, -0.2) is 9.87 Å². The molecule has 1 aliphatic rings. The van der Waals surface area contributed by atoms with E-state index in [1.165, 1.54) is 13.2 Å².